The molecule has 0 aliphatic rings. The predicted molar refractivity (Wildman–Crippen MR) is 62.7 cm³/mol. The van der Waals surface area contributed by atoms with Crippen LogP contribution in [0.3, 0.4) is 0 Å². The van der Waals surface area contributed by atoms with E-state index in [1.807, 2.05) is 4.68 Å². The number of anilines is 1. The highest BCUT2D eigenvalue weighted by Gasteiger charge is 2.23. The number of hydrogen-bond donors (Lipinski definition) is 1. The fourth-order valence-corrected chi connectivity index (χ4v) is 1.77. The maximum absolute atomic E-state index is 5.84. The molecule has 4 heteroatoms. The van der Waals surface area contributed by atoms with Gasteiger partial charge in [0, 0.05) is 12.0 Å². The Bertz CT molecular complexity index is 309. The van der Waals surface area contributed by atoms with Gasteiger partial charge in [-0.3, -0.25) is 0 Å². The van der Waals surface area contributed by atoms with Gasteiger partial charge in [-0.25, -0.2) is 4.68 Å². The summed E-state index contributed by atoms with van der Waals surface area (Å²) >= 11 is 0. The van der Waals surface area contributed by atoms with Gasteiger partial charge in [-0.15, -0.1) is 5.10 Å². The van der Waals surface area contributed by atoms with Gasteiger partial charge in [0.05, 0.1) is 5.69 Å². The number of nitrogen functional groups attached to an aromatic ring is 1. The molecule has 1 aromatic rings. The minimum Gasteiger partial charge on any atom is -0.381 e. The van der Waals surface area contributed by atoms with Gasteiger partial charge in [0.15, 0.2) is 5.82 Å². The van der Waals surface area contributed by atoms with Gasteiger partial charge >= 0.3 is 0 Å². The molecule has 0 radical (unpaired) electrons. The van der Waals surface area contributed by atoms with Crippen LogP contribution in [0.25, 0.3) is 0 Å². The normalized spacial score (nSPS) is 12.0. The number of nitrogens with zero attached hydrogens (tertiary/aromatic N) is 3. The van der Waals surface area contributed by atoms with Crippen LogP contribution >= 0.6 is 0 Å². The van der Waals surface area contributed by atoms with Crippen LogP contribution in [0.15, 0.2) is 0 Å². The molecule has 0 aliphatic carbocycles. The van der Waals surface area contributed by atoms with Gasteiger partial charge < -0.3 is 5.73 Å². The quantitative estimate of drug-likeness (QED) is 0.776. The van der Waals surface area contributed by atoms with Gasteiger partial charge in [-0.05, 0) is 6.42 Å². The highest BCUT2D eigenvalue weighted by atomic mass is 15.4. The van der Waals surface area contributed by atoms with E-state index >= 15 is 0 Å². The van der Waals surface area contributed by atoms with E-state index in [0.717, 1.165) is 18.7 Å². The third-order valence-corrected chi connectivity index (χ3v) is 2.45. The lowest BCUT2D eigenvalue weighted by molar-refractivity contribution is 0.462. The minimum absolute atomic E-state index is 0.0137. The molecule has 4 nitrogen and oxygen atoms in total. The van der Waals surface area contributed by atoms with E-state index in [0.29, 0.717) is 5.82 Å². The second-order valence-electron chi connectivity index (χ2n) is 5.00. The molecule has 0 saturated carbocycles. The Morgan fingerprint density at radius 3 is 2.47 bits per heavy atom. The van der Waals surface area contributed by atoms with E-state index in [9.17, 15) is 0 Å². The number of nitrogens with two attached hydrogens (primary N) is 1. The molecule has 0 aliphatic heterocycles. The first-order valence-electron chi connectivity index (χ1n) is 5.66. The van der Waals surface area contributed by atoms with Crippen molar-refractivity contribution in [3.8, 4) is 0 Å². The number of rotatable bonds is 4. The first-order chi connectivity index (χ1) is 6.96. The van der Waals surface area contributed by atoms with Crippen molar-refractivity contribution in [3.05, 3.63) is 5.69 Å². The van der Waals surface area contributed by atoms with Crippen LogP contribution in [0, 0.1) is 0 Å². The topological polar surface area (TPSA) is 56.7 Å². The minimum atomic E-state index is 0.0137. The Morgan fingerprint density at radius 2 is 1.93 bits per heavy atom. The third-order valence-electron chi connectivity index (χ3n) is 2.45. The molecule has 0 spiro atoms. The molecule has 2 N–H and O–H groups in total. The maximum atomic E-state index is 5.84. The van der Waals surface area contributed by atoms with Crippen molar-refractivity contribution >= 4 is 5.82 Å². The van der Waals surface area contributed by atoms with Crippen molar-refractivity contribution in [3.63, 3.8) is 0 Å². The lowest BCUT2D eigenvalue weighted by atomic mass is 9.92. The van der Waals surface area contributed by atoms with Crippen molar-refractivity contribution in [2.45, 2.75) is 58.9 Å². The molecule has 0 bridgehead atoms. The van der Waals surface area contributed by atoms with Gasteiger partial charge in [-0.1, -0.05) is 45.7 Å². The molecule has 0 fully saturated rings. The monoisotopic (exact) mass is 210 g/mol. The zero-order chi connectivity index (χ0) is 11.5. The SMILES string of the molecule is CCCCCn1nnc(N)c1C(C)(C)C. The summed E-state index contributed by atoms with van der Waals surface area (Å²) in [6.45, 7) is 9.53. The van der Waals surface area contributed by atoms with Gasteiger partial charge in [0.2, 0.25) is 0 Å². The number of hydrogen-bond acceptors (Lipinski definition) is 3. The molecule has 86 valence electrons. The van der Waals surface area contributed by atoms with Crippen molar-refractivity contribution in [1.82, 2.24) is 15.0 Å². The Labute approximate surface area is 91.9 Å². The smallest absolute Gasteiger partial charge is 0.169 e. The summed E-state index contributed by atoms with van der Waals surface area (Å²) < 4.78 is 1.95. The van der Waals surface area contributed by atoms with Crippen molar-refractivity contribution in [2.24, 2.45) is 0 Å². The summed E-state index contributed by atoms with van der Waals surface area (Å²) in [5.41, 5.74) is 6.91. The van der Waals surface area contributed by atoms with E-state index in [4.69, 9.17) is 5.73 Å². The van der Waals surface area contributed by atoms with Crippen LogP contribution in [-0.2, 0) is 12.0 Å². The summed E-state index contributed by atoms with van der Waals surface area (Å²) in [5.74, 6) is 0.569. The fraction of sp³-hybridized carbons (Fsp3) is 0.818. The maximum Gasteiger partial charge on any atom is 0.169 e. The average molecular weight is 210 g/mol. The first kappa shape index (κ1) is 12.0. The van der Waals surface area contributed by atoms with E-state index in [2.05, 4.69) is 38.0 Å². The third kappa shape index (κ3) is 2.94. The Hall–Kier alpha value is -1.06. The molecule has 0 amide bonds. The highest BCUT2D eigenvalue weighted by molar-refractivity contribution is 5.37. The molecule has 0 unspecified atom stereocenters. The Morgan fingerprint density at radius 1 is 1.27 bits per heavy atom. The summed E-state index contributed by atoms with van der Waals surface area (Å²) in [6.07, 6.45) is 3.58. The van der Waals surface area contributed by atoms with E-state index < -0.39 is 0 Å². The van der Waals surface area contributed by atoms with Gasteiger partial charge in [0.25, 0.3) is 0 Å². The van der Waals surface area contributed by atoms with Crippen molar-refractivity contribution in [1.29, 1.82) is 0 Å². The van der Waals surface area contributed by atoms with Crippen LogP contribution in [0.2, 0.25) is 0 Å². The number of aryl methyl sites for hydroxylation is 1. The van der Waals surface area contributed by atoms with Gasteiger partial charge in [0.1, 0.15) is 0 Å². The molecule has 0 aromatic carbocycles. The second kappa shape index (κ2) is 4.64. The second-order valence-corrected chi connectivity index (χ2v) is 5.00. The molecular formula is C11H22N4. The number of unbranched alkanes of at least 4 members (excludes halogenated alkanes) is 2. The lowest BCUT2D eigenvalue weighted by Crippen LogP contribution is -2.20. The van der Waals surface area contributed by atoms with Crippen molar-refractivity contribution < 1.29 is 0 Å². The van der Waals surface area contributed by atoms with Gasteiger partial charge in [-0.2, -0.15) is 0 Å². The zero-order valence-corrected chi connectivity index (χ0v) is 10.2. The van der Waals surface area contributed by atoms with E-state index in [1.165, 1.54) is 12.8 Å². The highest BCUT2D eigenvalue weighted by Crippen LogP contribution is 2.26. The molecular weight excluding hydrogens is 188 g/mol. The summed E-state index contributed by atoms with van der Waals surface area (Å²) in [4.78, 5) is 0. The zero-order valence-electron chi connectivity index (χ0n) is 10.2. The standard InChI is InChI=1S/C11H22N4/c1-5-6-7-8-15-9(11(2,3)4)10(12)13-14-15/h5-8,12H2,1-4H3. The summed E-state index contributed by atoms with van der Waals surface area (Å²) in [5, 5.41) is 8.05. The Balaban J connectivity index is 2.80. The van der Waals surface area contributed by atoms with Crippen LogP contribution in [-0.4, -0.2) is 15.0 Å². The Kier molecular flexibility index (Phi) is 3.72. The predicted octanol–water partition coefficient (Wildman–Crippen LogP) is 2.35. The molecule has 15 heavy (non-hydrogen) atoms. The van der Waals surface area contributed by atoms with E-state index in [-0.39, 0.29) is 5.41 Å². The van der Waals surface area contributed by atoms with Crippen LogP contribution in [0.5, 0.6) is 0 Å². The van der Waals surface area contributed by atoms with E-state index in [1.54, 1.807) is 0 Å². The largest absolute Gasteiger partial charge is 0.381 e. The first-order valence-corrected chi connectivity index (χ1v) is 5.66. The van der Waals surface area contributed by atoms with Crippen LogP contribution < -0.4 is 5.73 Å². The molecule has 0 atom stereocenters. The fourth-order valence-electron chi connectivity index (χ4n) is 1.77. The lowest BCUT2D eigenvalue weighted by Gasteiger charge is -2.20. The summed E-state index contributed by atoms with van der Waals surface area (Å²) in [6, 6.07) is 0. The van der Waals surface area contributed by atoms with Crippen LogP contribution in [0.1, 0.15) is 52.7 Å². The van der Waals surface area contributed by atoms with Crippen molar-refractivity contribution in [2.75, 3.05) is 5.73 Å². The number of aromatic nitrogens is 3. The molecule has 1 heterocycles. The molecule has 0 saturated heterocycles. The average Bonchev–Trinajstić information content (AvgIpc) is 2.47. The molecule has 1 aromatic heterocycles. The molecule has 1 rings (SSSR count). The summed E-state index contributed by atoms with van der Waals surface area (Å²) in [7, 11) is 0. The van der Waals surface area contributed by atoms with Crippen LogP contribution in [0.4, 0.5) is 5.82 Å².